The number of aromatic nitrogens is 2. The number of hydrogen-bond acceptors (Lipinski definition) is 4. The number of nitrogens with two attached hydrogens (primary N) is 1. The van der Waals surface area contributed by atoms with Crippen LogP contribution in [-0.4, -0.2) is 29.2 Å². The quantitative estimate of drug-likeness (QED) is 0.863. The minimum absolute atomic E-state index is 0.318. The summed E-state index contributed by atoms with van der Waals surface area (Å²) in [5.41, 5.74) is 9.02. The van der Waals surface area contributed by atoms with Crippen LogP contribution < -0.4 is 5.73 Å². The minimum atomic E-state index is 0.318. The van der Waals surface area contributed by atoms with E-state index in [4.69, 9.17) is 10.5 Å². The average Bonchev–Trinajstić information content (AvgIpc) is 2.81. The van der Waals surface area contributed by atoms with Crippen LogP contribution in [0.3, 0.4) is 0 Å². The number of ether oxygens (including phenoxy) is 1. The molecule has 0 aliphatic carbocycles. The monoisotopic (exact) mass is 249 g/mol. The highest BCUT2D eigenvalue weighted by atomic mass is 16.5. The molecule has 2 heterocycles. The second-order valence-electron chi connectivity index (χ2n) is 5.02. The molecule has 1 aliphatic heterocycles. The first-order valence-corrected chi connectivity index (χ1v) is 6.85. The topological polar surface area (TPSA) is 61.0 Å². The lowest BCUT2D eigenvalue weighted by atomic mass is 10.1. The Balaban J connectivity index is 2.08. The van der Waals surface area contributed by atoms with Crippen molar-refractivity contribution < 1.29 is 4.74 Å². The summed E-state index contributed by atoms with van der Waals surface area (Å²) in [6.45, 7) is 5.74. The second-order valence-corrected chi connectivity index (χ2v) is 5.02. The van der Waals surface area contributed by atoms with Crippen LogP contribution in [0.2, 0.25) is 0 Å². The van der Waals surface area contributed by atoms with Gasteiger partial charge in [-0.25, -0.2) is 9.97 Å². The van der Waals surface area contributed by atoms with Crippen molar-refractivity contribution in [3.63, 3.8) is 0 Å². The van der Waals surface area contributed by atoms with Crippen LogP contribution >= 0.6 is 0 Å². The molecule has 1 atom stereocenters. The van der Waals surface area contributed by atoms with Gasteiger partial charge in [-0.3, -0.25) is 0 Å². The molecule has 0 radical (unpaired) electrons. The van der Waals surface area contributed by atoms with E-state index in [1.54, 1.807) is 0 Å². The Morgan fingerprint density at radius 3 is 2.56 bits per heavy atom. The van der Waals surface area contributed by atoms with Gasteiger partial charge < -0.3 is 10.5 Å². The van der Waals surface area contributed by atoms with Crippen LogP contribution in [0.1, 0.15) is 42.0 Å². The first-order chi connectivity index (χ1) is 8.70. The first-order valence-electron chi connectivity index (χ1n) is 6.85. The lowest BCUT2D eigenvalue weighted by Crippen LogP contribution is -2.14. The fraction of sp³-hybridized carbons (Fsp3) is 0.714. The molecule has 2 N–H and O–H groups in total. The van der Waals surface area contributed by atoms with Crippen molar-refractivity contribution in [2.75, 3.05) is 13.2 Å². The second kappa shape index (κ2) is 6.25. The van der Waals surface area contributed by atoms with Gasteiger partial charge in [-0.15, -0.1) is 0 Å². The van der Waals surface area contributed by atoms with Crippen molar-refractivity contribution in [1.29, 1.82) is 0 Å². The SMILES string of the molecule is Cc1nc(CC2CCCO2)nc(C)c1CCCN. The zero-order chi connectivity index (χ0) is 13.0. The Kier molecular flexibility index (Phi) is 4.66. The lowest BCUT2D eigenvalue weighted by Gasteiger charge is -2.12. The van der Waals surface area contributed by atoms with Crippen LogP contribution in [0.5, 0.6) is 0 Å². The standard InChI is InChI=1S/C14H23N3O/c1-10-13(6-3-7-15)11(2)17-14(16-10)9-12-5-4-8-18-12/h12H,3-9,15H2,1-2H3. The van der Waals surface area contributed by atoms with Gasteiger partial charge in [0.15, 0.2) is 0 Å². The van der Waals surface area contributed by atoms with E-state index < -0.39 is 0 Å². The summed E-state index contributed by atoms with van der Waals surface area (Å²) < 4.78 is 5.64. The van der Waals surface area contributed by atoms with Crippen molar-refractivity contribution in [3.05, 3.63) is 22.8 Å². The molecule has 0 saturated carbocycles. The zero-order valence-corrected chi connectivity index (χ0v) is 11.4. The number of rotatable bonds is 5. The molecule has 0 spiro atoms. The molecule has 4 nitrogen and oxygen atoms in total. The van der Waals surface area contributed by atoms with Gasteiger partial charge in [0, 0.05) is 24.4 Å². The van der Waals surface area contributed by atoms with Crippen LogP contribution in [0.4, 0.5) is 0 Å². The molecule has 4 heteroatoms. The minimum Gasteiger partial charge on any atom is -0.378 e. The highest BCUT2D eigenvalue weighted by Gasteiger charge is 2.18. The van der Waals surface area contributed by atoms with E-state index in [0.717, 1.165) is 62.5 Å². The summed E-state index contributed by atoms with van der Waals surface area (Å²) in [7, 11) is 0. The molecule has 0 aromatic carbocycles. The predicted molar refractivity (Wildman–Crippen MR) is 71.6 cm³/mol. The van der Waals surface area contributed by atoms with Gasteiger partial charge in [0.05, 0.1) is 6.10 Å². The van der Waals surface area contributed by atoms with Crippen LogP contribution in [0.25, 0.3) is 0 Å². The molecule has 18 heavy (non-hydrogen) atoms. The van der Waals surface area contributed by atoms with E-state index in [9.17, 15) is 0 Å². The van der Waals surface area contributed by atoms with Gasteiger partial charge >= 0.3 is 0 Å². The van der Waals surface area contributed by atoms with Crippen LogP contribution in [0.15, 0.2) is 0 Å². The molecule has 1 fully saturated rings. The first kappa shape index (κ1) is 13.4. The molecule has 100 valence electrons. The molecule has 1 unspecified atom stereocenters. The van der Waals surface area contributed by atoms with Gasteiger partial charge in [0.25, 0.3) is 0 Å². The Morgan fingerprint density at radius 2 is 2.00 bits per heavy atom. The highest BCUT2D eigenvalue weighted by molar-refractivity contribution is 5.24. The largest absolute Gasteiger partial charge is 0.378 e. The third-order valence-corrected chi connectivity index (χ3v) is 3.53. The van der Waals surface area contributed by atoms with E-state index >= 15 is 0 Å². The molecule has 1 aromatic rings. The van der Waals surface area contributed by atoms with Crippen LogP contribution in [0, 0.1) is 13.8 Å². The molecular formula is C14H23N3O. The molecule has 1 aliphatic rings. The fourth-order valence-electron chi connectivity index (χ4n) is 2.55. The van der Waals surface area contributed by atoms with E-state index in [-0.39, 0.29) is 0 Å². The van der Waals surface area contributed by atoms with E-state index in [1.807, 2.05) is 0 Å². The normalized spacial score (nSPS) is 19.4. The van der Waals surface area contributed by atoms with E-state index in [0.29, 0.717) is 6.10 Å². The Morgan fingerprint density at radius 1 is 1.28 bits per heavy atom. The lowest BCUT2D eigenvalue weighted by molar-refractivity contribution is 0.110. The summed E-state index contributed by atoms with van der Waals surface area (Å²) in [4.78, 5) is 9.24. The summed E-state index contributed by atoms with van der Waals surface area (Å²) in [5.74, 6) is 0.924. The molecule has 1 saturated heterocycles. The highest BCUT2D eigenvalue weighted by Crippen LogP contribution is 2.18. The number of aryl methyl sites for hydroxylation is 2. The van der Waals surface area contributed by atoms with Crippen molar-refractivity contribution in [1.82, 2.24) is 9.97 Å². The third kappa shape index (κ3) is 3.27. The average molecular weight is 249 g/mol. The van der Waals surface area contributed by atoms with Crippen LogP contribution in [-0.2, 0) is 17.6 Å². The molecule has 0 amide bonds. The summed E-state index contributed by atoms with van der Waals surface area (Å²) in [6, 6.07) is 0. The van der Waals surface area contributed by atoms with Crippen molar-refractivity contribution >= 4 is 0 Å². The molecule has 1 aromatic heterocycles. The van der Waals surface area contributed by atoms with E-state index in [2.05, 4.69) is 23.8 Å². The zero-order valence-electron chi connectivity index (χ0n) is 11.4. The predicted octanol–water partition coefficient (Wildman–Crippen LogP) is 1.71. The molecule has 0 bridgehead atoms. The summed E-state index contributed by atoms with van der Waals surface area (Å²) in [5, 5.41) is 0. The smallest absolute Gasteiger partial charge is 0.131 e. The van der Waals surface area contributed by atoms with Crippen molar-refractivity contribution in [2.45, 2.75) is 52.1 Å². The van der Waals surface area contributed by atoms with Gasteiger partial charge in [-0.2, -0.15) is 0 Å². The van der Waals surface area contributed by atoms with Crippen molar-refractivity contribution in [2.24, 2.45) is 5.73 Å². The summed E-state index contributed by atoms with van der Waals surface area (Å²) >= 11 is 0. The summed E-state index contributed by atoms with van der Waals surface area (Å²) in [6.07, 6.45) is 5.44. The number of hydrogen-bond donors (Lipinski definition) is 1. The van der Waals surface area contributed by atoms with Gasteiger partial charge in [0.2, 0.25) is 0 Å². The Hall–Kier alpha value is -1.00. The van der Waals surface area contributed by atoms with Gasteiger partial charge in [-0.05, 0) is 51.6 Å². The van der Waals surface area contributed by atoms with Crippen molar-refractivity contribution in [3.8, 4) is 0 Å². The maximum atomic E-state index is 5.64. The van der Waals surface area contributed by atoms with E-state index in [1.165, 1.54) is 5.56 Å². The maximum absolute atomic E-state index is 5.64. The molecular weight excluding hydrogens is 226 g/mol. The fourth-order valence-corrected chi connectivity index (χ4v) is 2.55. The van der Waals surface area contributed by atoms with Gasteiger partial charge in [0.1, 0.15) is 5.82 Å². The third-order valence-electron chi connectivity index (χ3n) is 3.53. The number of nitrogens with zero attached hydrogens (tertiary/aromatic N) is 2. The Bertz CT molecular complexity index is 377. The molecule has 2 rings (SSSR count). The maximum Gasteiger partial charge on any atom is 0.131 e. The van der Waals surface area contributed by atoms with Gasteiger partial charge in [-0.1, -0.05) is 0 Å². The Labute approximate surface area is 109 Å².